The third-order valence-electron chi connectivity index (χ3n) is 9.48. The molecule has 4 saturated carbocycles. The third kappa shape index (κ3) is 1.66. The zero-order chi connectivity index (χ0) is 21.0. The van der Waals surface area contributed by atoms with E-state index in [1.807, 2.05) is 27.7 Å². The molecule has 0 aromatic heterocycles. The van der Waals surface area contributed by atoms with Crippen LogP contribution in [0, 0.1) is 33.5 Å². The number of hydrogen-bond donors (Lipinski definition) is 3. The lowest BCUT2D eigenvalue weighted by Gasteiger charge is -2.60. The number of ether oxygens (including phenoxy) is 1. The molecular formula is C22H32O6. The molecule has 4 aliphatic rings. The molecule has 6 heteroatoms. The zero-order valence-corrected chi connectivity index (χ0v) is 17.4. The molecule has 4 fully saturated rings. The van der Waals surface area contributed by atoms with Gasteiger partial charge in [-0.25, -0.2) is 0 Å². The summed E-state index contributed by atoms with van der Waals surface area (Å²) in [6.07, 6.45) is -2.74. The van der Waals surface area contributed by atoms with E-state index >= 15 is 0 Å². The Morgan fingerprint density at radius 3 is 2.36 bits per heavy atom. The summed E-state index contributed by atoms with van der Waals surface area (Å²) in [6, 6.07) is 0. The number of fused-ring (bicyclic) bond motifs is 1. The molecule has 6 nitrogen and oxygen atoms in total. The molecule has 0 aromatic rings. The van der Waals surface area contributed by atoms with Gasteiger partial charge in [0.05, 0.1) is 18.3 Å². The average molecular weight is 392 g/mol. The first-order valence-corrected chi connectivity index (χ1v) is 10.3. The van der Waals surface area contributed by atoms with Gasteiger partial charge in [0.25, 0.3) is 0 Å². The van der Waals surface area contributed by atoms with E-state index in [-0.39, 0.29) is 18.1 Å². The number of rotatable bonds is 1. The van der Waals surface area contributed by atoms with Crippen LogP contribution in [0.1, 0.15) is 53.9 Å². The largest absolute Gasteiger partial charge is 0.461 e. The van der Waals surface area contributed by atoms with Gasteiger partial charge >= 0.3 is 5.97 Å². The molecular weight excluding hydrogens is 360 g/mol. The summed E-state index contributed by atoms with van der Waals surface area (Å²) in [5, 5.41) is 33.8. The van der Waals surface area contributed by atoms with Crippen LogP contribution in [0.5, 0.6) is 0 Å². The Kier molecular flexibility index (Phi) is 3.91. The van der Waals surface area contributed by atoms with Gasteiger partial charge < -0.3 is 20.1 Å². The summed E-state index contributed by atoms with van der Waals surface area (Å²) in [4.78, 5) is 25.3. The quantitative estimate of drug-likeness (QED) is 0.463. The van der Waals surface area contributed by atoms with Crippen LogP contribution in [0.2, 0.25) is 0 Å². The molecule has 0 aromatic carbocycles. The van der Waals surface area contributed by atoms with E-state index in [4.69, 9.17) is 4.74 Å². The smallest absolute Gasteiger partial charge is 0.302 e. The van der Waals surface area contributed by atoms with Crippen molar-refractivity contribution in [1.29, 1.82) is 0 Å². The van der Waals surface area contributed by atoms with E-state index in [2.05, 4.69) is 6.58 Å². The summed E-state index contributed by atoms with van der Waals surface area (Å²) in [5.74, 6) is -1.35. The number of aliphatic hydroxyl groups is 3. The van der Waals surface area contributed by atoms with Gasteiger partial charge in [-0.1, -0.05) is 34.3 Å². The lowest BCUT2D eigenvalue weighted by Crippen LogP contribution is -2.63. The molecule has 4 rings (SSSR count). The molecule has 2 spiro atoms. The van der Waals surface area contributed by atoms with Crippen LogP contribution in [0.15, 0.2) is 12.2 Å². The fourth-order valence-corrected chi connectivity index (χ4v) is 8.52. The minimum atomic E-state index is -1.18. The molecule has 0 heterocycles. The van der Waals surface area contributed by atoms with Crippen LogP contribution in [0.4, 0.5) is 0 Å². The highest BCUT2D eigenvalue weighted by molar-refractivity contribution is 5.85. The van der Waals surface area contributed by atoms with Gasteiger partial charge in [0.2, 0.25) is 0 Å². The van der Waals surface area contributed by atoms with Crippen molar-refractivity contribution in [2.45, 2.75) is 78.3 Å². The van der Waals surface area contributed by atoms with Crippen LogP contribution in [-0.4, -0.2) is 51.5 Å². The highest BCUT2D eigenvalue weighted by atomic mass is 16.5. The highest BCUT2D eigenvalue weighted by Crippen LogP contribution is 2.85. The molecule has 0 aliphatic heterocycles. The van der Waals surface area contributed by atoms with Gasteiger partial charge in [0.1, 0.15) is 11.9 Å². The number of hydrogen-bond acceptors (Lipinski definition) is 6. The van der Waals surface area contributed by atoms with Crippen LogP contribution in [0.25, 0.3) is 0 Å². The Hall–Kier alpha value is -1.24. The van der Waals surface area contributed by atoms with E-state index in [1.165, 1.54) is 6.92 Å². The number of Topliss-reactive ketones (excluding diaryl/α,β-unsaturated/α-hetero) is 1. The molecule has 28 heavy (non-hydrogen) atoms. The normalized spacial score (nSPS) is 54.3. The van der Waals surface area contributed by atoms with E-state index in [1.54, 1.807) is 0 Å². The summed E-state index contributed by atoms with van der Waals surface area (Å²) >= 11 is 0. The maximum Gasteiger partial charge on any atom is 0.302 e. The Morgan fingerprint density at radius 2 is 1.79 bits per heavy atom. The summed E-state index contributed by atoms with van der Waals surface area (Å²) in [5.41, 5.74) is -3.15. The maximum atomic E-state index is 13.1. The molecule has 2 bridgehead atoms. The predicted molar refractivity (Wildman–Crippen MR) is 101 cm³/mol. The maximum absolute atomic E-state index is 13.1. The van der Waals surface area contributed by atoms with Crippen LogP contribution >= 0.6 is 0 Å². The number of carbonyl (C=O) groups is 2. The molecule has 0 amide bonds. The van der Waals surface area contributed by atoms with E-state index < -0.39 is 58.0 Å². The Balaban J connectivity index is 2.15. The molecule has 4 aliphatic carbocycles. The van der Waals surface area contributed by atoms with E-state index in [9.17, 15) is 24.9 Å². The van der Waals surface area contributed by atoms with Gasteiger partial charge in [-0.05, 0) is 23.8 Å². The zero-order valence-electron chi connectivity index (χ0n) is 17.4. The van der Waals surface area contributed by atoms with Crippen molar-refractivity contribution in [2.75, 3.05) is 0 Å². The Bertz CT molecular complexity index is 773. The predicted octanol–water partition coefficient (Wildman–Crippen LogP) is 1.61. The minimum Gasteiger partial charge on any atom is -0.461 e. The summed E-state index contributed by atoms with van der Waals surface area (Å²) in [7, 11) is 0. The first-order chi connectivity index (χ1) is 12.8. The summed E-state index contributed by atoms with van der Waals surface area (Å²) < 4.78 is 5.92. The number of aliphatic hydroxyl groups excluding tert-OH is 3. The fraction of sp³-hybridized carbons (Fsp3) is 0.818. The Labute approximate surface area is 166 Å². The van der Waals surface area contributed by atoms with Crippen molar-refractivity contribution in [3.8, 4) is 0 Å². The second-order valence-corrected chi connectivity index (χ2v) is 10.3. The third-order valence-corrected chi connectivity index (χ3v) is 9.48. The molecule has 0 saturated heterocycles. The second kappa shape index (κ2) is 5.46. The van der Waals surface area contributed by atoms with Crippen molar-refractivity contribution in [3.05, 3.63) is 12.2 Å². The van der Waals surface area contributed by atoms with Crippen LogP contribution in [0.3, 0.4) is 0 Å². The lowest BCUT2D eigenvalue weighted by molar-refractivity contribution is -0.176. The first-order valence-electron chi connectivity index (χ1n) is 10.3. The standard InChI is InChI=1S/C22H32O6/c1-10-14(24)7-8-20(6)16(26)17(27)21-11(2)15(25)9-13(19(21,4)5)18(22(10,20)21)28-12(3)23/h11,13-14,16-18,24,26-27H,1,7-9H2,2-6H3. The van der Waals surface area contributed by atoms with E-state index in [0.717, 1.165) is 0 Å². The molecule has 156 valence electrons. The second-order valence-electron chi connectivity index (χ2n) is 10.3. The van der Waals surface area contributed by atoms with Gasteiger partial charge in [-0.15, -0.1) is 0 Å². The van der Waals surface area contributed by atoms with Gasteiger partial charge in [0, 0.05) is 41.4 Å². The highest BCUT2D eigenvalue weighted by Gasteiger charge is 2.90. The Morgan fingerprint density at radius 1 is 1.18 bits per heavy atom. The topological polar surface area (TPSA) is 104 Å². The van der Waals surface area contributed by atoms with Crippen molar-refractivity contribution >= 4 is 11.8 Å². The minimum absolute atomic E-state index is 0.00159. The first kappa shape index (κ1) is 20.0. The van der Waals surface area contributed by atoms with E-state index in [0.29, 0.717) is 18.4 Å². The molecule has 9 unspecified atom stereocenters. The van der Waals surface area contributed by atoms with Crippen molar-refractivity contribution < 1.29 is 29.6 Å². The van der Waals surface area contributed by atoms with Crippen molar-refractivity contribution in [3.63, 3.8) is 0 Å². The van der Waals surface area contributed by atoms with Crippen molar-refractivity contribution in [1.82, 2.24) is 0 Å². The molecule has 3 N–H and O–H groups in total. The SMILES string of the molecule is C=C1C(O)CCC2(C)C(O)C(O)C34C(C)C(=O)CC(C(OC(C)=O)C123)C4(C)C. The van der Waals surface area contributed by atoms with Gasteiger partial charge in [0.15, 0.2) is 0 Å². The van der Waals surface area contributed by atoms with Gasteiger partial charge in [-0.3, -0.25) is 9.59 Å². The number of ketones is 1. The number of carbonyl (C=O) groups excluding carboxylic acids is 2. The van der Waals surface area contributed by atoms with Crippen LogP contribution < -0.4 is 0 Å². The fourth-order valence-electron chi connectivity index (χ4n) is 8.52. The average Bonchev–Trinajstić information content (AvgIpc) is 2.82. The van der Waals surface area contributed by atoms with Crippen LogP contribution in [-0.2, 0) is 14.3 Å². The summed E-state index contributed by atoms with van der Waals surface area (Å²) in [6.45, 7) is 13.3. The lowest BCUT2D eigenvalue weighted by atomic mass is 9.42. The number of esters is 1. The monoisotopic (exact) mass is 392 g/mol. The molecule has 0 radical (unpaired) electrons. The molecule has 9 atom stereocenters. The van der Waals surface area contributed by atoms with Crippen molar-refractivity contribution in [2.24, 2.45) is 33.5 Å². The van der Waals surface area contributed by atoms with Gasteiger partial charge in [-0.2, -0.15) is 0 Å².